The number of anilines is 1. The van der Waals surface area contributed by atoms with E-state index >= 15 is 0 Å². The second kappa shape index (κ2) is 6.22. The number of nitrogens with one attached hydrogen (secondary N) is 2. The van der Waals surface area contributed by atoms with E-state index < -0.39 is 11.8 Å². The number of nitrogens with zero attached hydrogens (tertiary/aromatic N) is 1. The molecule has 0 saturated heterocycles. The molecule has 120 valence electrons. The lowest BCUT2D eigenvalue weighted by Gasteiger charge is -2.09. The van der Waals surface area contributed by atoms with Crippen LogP contribution in [0, 0.1) is 5.82 Å². The third-order valence-corrected chi connectivity index (χ3v) is 4.17. The van der Waals surface area contributed by atoms with E-state index in [1.54, 1.807) is 12.1 Å². The van der Waals surface area contributed by atoms with Gasteiger partial charge in [0.2, 0.25) is 0 Å². The minimum Gasteiger partial charge on any atom is -0.506 e. The summed E-state index contributed by atoms with van der Waals surface area (Å²) in [5.74, 6) is -0.588. The van der Waals surface area contributed by atoms with E-state index in [2.05, 4.69) is 15.6 Å². The minimum atomic E-state index is -0.498. The summed E-state index contributed by atoms with van der Waals surface area (Å²) in [7, 11) is 0. The van der Waals surface area contributed by atoms with Crippen LogP contribution in [0.4, 0.5) is 15.0 Å². The zero-order valence-electron chi connectivity index (χ0n) is 11.7. The molecule has 0 spiro atoms. The highest BCUT2D eigenvalue weighted by molar-refractivity contribution is 6.33. The minimum absolute atomic E-state index is 0.0147. The number of amides is 2. The molecule has 1 saturated carbocycles. The van der Waals surface area contributed by atoms with Gasteiger partial charge in [-0.2, -0.15) is 0 Å². The van der Waals surface area contributed by atoms with Crippen LogP contribution in [0.1, 0.15) is 17.9 Å². The van der Waals surface area contributed by atoms with Crippen molar-refractivity contribution in [3.63, 3.8) is 0 Å². The third kappa shape index (κ3) is 3.48. The average Bonchev–Trinajstić information content (AvgIpc) is 3.24. The fourth-order valence-electron chi connectivity index (χ4n) is 2.34. The number of carbonyl (C=O) groups is 1. The molecule has 3 N–H and O–H groups in total. The maximum Gasteiger partial charge on any atom is 0.320 e. The van der Waals surface area contributed by atoms with Gasteiger partial charge in [-0.1, -0.05) is 23.2 Å². The Balaban J connectivity index is 1.62. The van der Waals surface area contributed by atoms with Crippen molar-refractivity contribution in [3.05, 3.63) is 51.9 Å². The number of hydrogen-bond acceptors (Lipinski definition) is 3. The zero-order chi connectivity index (χ0) is 16.6. The second-order valence-electron chi connectivity index (χ2n) is 5.20. The molecule has 1 aromatic heterocycles. The molecule has 2 amide bonds. The standard InChI is InChI=1S/C15H12Cl2FN3O2/c16-7-1-4-12(19-6-7)21-15(23)20-10-5-8(10)13-9(18)2-3-11(22)14(13)17/h1-4,6,8,10,22H,5H2,(H2,19,20,21,23)/t8-,10+/m0/s1. The third-order valence-electron chi connectivity index (χ3n) is 3.55. The van der Waals surface area contributed by atoms with Gasteiger partial charge in [0.1, 0.15) is 17.4 Å². The molecule has 0 aliphatic heterocycles. The molecule has 2 atom stereocenters. The second-order valence-corrected chi connectivity index (χ2v) is 6.02. The van der Waals surface area contributed by atoms with Crippen LogP contribution in [-0.2, 0) is 0 Å². The van der Waals surface area contributed by atoms with Crippen molar-refractivity contribution in [2.75, 3.05) is 5.32 Å². The van der Waals surface area contributed by atoms with Crippen molar-refractivity contribution in [3.8, 4) is 5.75 Å². The van der Waals surface area contributed by atoms with Gasteiger partial charge < -0.3 is 10.4 Å². The molecule has 5 nitrogen and oxygen atoms in total. The Morgan fingerprint density at radius 3 is 2.78 bits per heavy atom. The molecule has 8 heteroatoms. The molecule has 1 aliphatic rings. The van der Waals surface area contributed by atoms with Gasteiger partial charge >= 0.3 is 6.03 Å². The average molecular weight is 356 g/mol. The molecule has 0 unspecified atom stereocenters. The van der Waals surface area contributed by atoms with Crippen molar-refractivity contribution in [2.45, 2.75) is 18.4 Å². The van der Waals surface area contributed by atoms with Crippen LogP contribution in [-0.4, -0.2) is 22.2 Å². The van der Waals surface area contributed by atoms with Gasteiger partial charge in [-0.3, -0.25) is 5.32 Å². The summed E-state index contributed by atoms with van der Waals surface area (Å²) < 4.78 is 13.9. The number of pyridine rings is 1. The van der Waals surface area contributed by atoms with E-state index in [0.717, 1.165) is 6.07 Å². The lowest BCUT2D eigenvalue weighted by atomic mass is 10.1. The molecular weight excluding hydrogens is 344 g/mol. The fraction of sp³-hybridized carbons (Fsp3) is 0.200. The number of benzene rings is 1. The highest BCUT2D eigenvalue weighted by Crippen LogP contribution is 2.47. The van der Waals surface area contributed by atoms with Crippen LogP contribution < -0.4 is 10.6 Å². The Morgan fingerprint density at radius 2 is 2.09 bits per heavy atom. The summed E-state index contributed by atoms with van der Waals surface area (Å²) in [5, 5.41) is 15.3. The zero-order valence-corrected chi connectivity index (χ0v) is 13.2. The number of rotatable bonds is 3. The summed E-state index contributed by atoms with van der Waals surface area (Å²) in [6, 6.07) is 4.82. The maximum absolute atomic E-state index is 13.9. The van der Waals surface area contributed by atoms with Crippen LogP contribution in [0.25, 0.3) is 0 Å². The number of phenolic OH excluding ortho intramolecular Hbond substituents is 1. The Labute approximate surface area is 141 Å². The van der Waals surface area contributed by atoms with Gasteiger partial charge in [-0.05, 0) is 30.7 Å². The van der Waals surface area contributed by atoms with Gasteiger partial charge in [-0.15, -0.1) is 0 Å². The number of aromatic hydroxyl groups is 1. The smallest absolute Gasteiger partial charge is 0.320 e. The number of aromatic nitrogens is 1. The van der Waals surface area contributed by atoms with Gasteiger partial charge in [0.05, 0.1) is 10.0 Å². The highest BCUT2D eigenvalue weighted by atomic mass is 35.5. The van der Waals surface area contributed by atoms with Crippen molar-refractivity contribution < 1.29 is 14.3 Å². The lowest BCUT2D eigenvalue weighted by molar-refractivity contribution is 0.251. The van der Waals surface area contributed by atoms with Crippen LogP contribution in [0.2, 0.25) is 10.0 Å². The van der Waals surface area contributed by atoms with Crippen molar-refractivity contribution in [2.24, 2.45) is 0 Å². The van der Waals surface area contributed by atoms with E-state index in [9.17, 15) is 14.3 Å². The molecule has 23 heavy (non-hydrogen) atoms. The van der Waals surface area contributed by atoms with E-state index in [0.29, 0.717) is 17.3 Å². The number of phenols is 1. The molecular formula is C15H12Cl2FN3O2. The maximum atomic E-state index is 13.9. The van der Waals surface area contributed by atoms with Crippen molar-refractivity contribution in [1.82, 2.24) is 10.3 Å². The number of hydrogen-bond donors (Lipinski definition) is 3. The van der Waals surface area contributed by atoms with Gasteiger partial charge in [0.15, 0.2) is 0 Å². The van der Waals surface area contributed by atoms with Crippen LogP contribution >= 0.6 is 23.2 Å². The summed E-state index contributed by atoms with van der Waals surface area (Å²) in [5.41, 5.74) is 0.224. The predicted molar refractivity (Wildman–Crippen MR) is 85.6 cm³/mol. The summed E-state index contributed by atoms with van der Waals surface area (Å²) in [6.45, 7) is 0. The van der Waals surface area contributed by atoms with Gasteiger partial charge in [-0.25, -0.2) is 14.2 Å². The molecule has 0 bridgehead atoms. The summed E-state index contributed by atoms with van der Waals surface area (Å²) in [4.78, 5) is 15.8. The van der Waals surface area contributed by atoms with Crippen molar-refractivity contribution in [1.29, 1.82) is 0 Å². The Morgan fingerprint density at radius 1 is 1.30 bits per heavy atom. The molecule has 0 radical (unpaired) electrons. The Kier molecular flexibility index (Phi) is 4.28. The largest absolute Gasteiger partial charge is 0.506 e. The van der Waals surface area contributed by atoms with Gasteiger partial charge in [0.25, 0.3) is 0 Å². The molecule has 1 heterocycles. The first-order chi connectivity index (χ1) is 11.0. The number of urea groups is 1. The van der Waals surface area contributed by atoms with Gasteiger partial charge in [0, 0.05) is 23.7 Å². The first-order valence-corrected chi connectivity index (χ1v) is 7.57. The van der Waals surface area contributed by atoms with E-state index in [1.165, 1.54) is 12.3 Å². The van der Waals surface area contributed by atoms with E-state index in [4.69, 9.17) is 23.2 Å². The van der Waals surface area contributed by atoms with Crippen LogP contribution in [0.5, 0.6) is 5.75 Å². The molecule has 1 aromatic carbocycles. The monoisotopic (exact) mass is 355 g/mol. The first kappa shape index (κ1) is 15.8. The summed E-state index contributed by atoms with van der Waals surface area (Å²) in [6.07, 6.45) is 1.96. The molecule has 2 aromatic rings. The fourth-order valence-corrected chi connectivity index (χ4v) is 2.75. The highest BCUT2D eigenvalue weighted by Gasteiger charge is 2.43. The quantitative estimate of drug-likeness (QED) is 0.781. The Hall–Kier alpha value is -2.05. The SMILES string of the molecule is O=C(Nc1ccc(Cl)cn1)N[C@@H]1C[C@@H]1c1c(F)ccc(O)c1Cl. The molecule has 3 rings (SSSR count). The topological polar surface area (TPSA) is 74.2 Å². The molecule has 1 aliphatic carbocycles. The number of carbonyl (C=O) groups excluding carboxylic acids is 1. The van der Waals surface area contributed by atoms with Crippen LogP contribution in [0.3, 0.4) is 0 Å². The molecule has 1 fully saturated rings. The van der Waals surface area contributed by atoms with E-state index in [1.807, 2.05) is 0 Å². The first-order valence-electron chi connectivity index (χ1n) is 6.81. The van der Waals surface area contributed by atoms with Crippen molar-refractivity contribution >= 4 is 35.1 Å². The van der Waals surface area contributed by atoms with Crippen LogP contribution in [0.15, 0.2) is 30.5 Å². The number of halogens is 3. The Bertz CT molecular complexity index is 755. The lowest BCUT2D eigenvalue weighted by Crippen LogP contribution is -2.31. The van der Waals surface area contributed by atoms with E-state index in [-0.39, 0.29) is 28.3 Å². The predicted octanol–water partition coefficient (Wildman–Crippen LogP) is 3.91. The normalized spacial score (nSPS) is 19.3. The summed E-state index contributed by atoms with van der Waals surface area (Å²) >= 11 is 11.7.